The van der Waals surface area contributed by atoms with Gasteiger partial charge in [-0.25, -0.2) is 9.37 Å². The van der Waals surface area contributed by atoms with Crippen molar-refractivity contribution < 1.29 is 4.39 Å². The van der Waals surface area contributed by atoms with E-state index >= 15 is 0 Å². The second-order valence-corrected chi connectivity index (χ2v) is 8.44. The number of aryl methyl sites for hydroxylation is 1. The molecule has 0 bridgehead atoms. The van der Waals surface area contributed by atoms with E-state index in [-0.39, 0.29) is 24.0 Å². The van der Waals surface area contributed by atoms with Crippen molar-refractivity contribution in [2.45, 2.75) is 25.4 Å². The smallest absolute Gasteiger partial charge is 0.277 e. The van der Waals surface area contributed by atoms with Crippen LogP contribution in [0, 0.1) is 5.82 Å². The van der Waals surface area contributed by atoms with E-state index in [2.05, 4.69) is 9.88 Å². The minimum atomic E-state index is -0.382. The SMILES string of the molecule is Cn1c(=O)c2c(nc(N3CCC[C@@H](N)C3)n2Cc2cc(F)ccc2Cl)c2cnccc21. The first-order valence-electron chi connectivity index (χ1n) is 10.2. The number of piperidine rings is 1. The molecule has 9 heteroatoms. The lowest BCUT2D eigenvalue weighted by molar-refractivity contribution is 0.495. The van der Waals surface area contributed by atoms with Gasteiger partial charge in [-0.1, -0.05) is 11.6 Å². The molecule has 2 N–H and O–H groups in total. The van der Waals surface area contributed by atoms with Crippen molar-refractivity contribution in [1.29, 1.82) is 0 Å². The van der Waals surface area contributed by atoms with Gasteiger partial charge in [-0.15, -0.1) is 0 Å². The first-order valence-corrected chi connectivity index (χ1v) is 10.6. The Morgan fingerprint density at radius 3 is 2.97 bits per heavy atom. The van der Waals surface area contributed by atoms with E-state index in [1.54, 1.807) is 30.1 Å². The highest BCUT2D eigenvalue weighted by Gasteiger charge is 2.26. The molecule has 0 saturated carbocycles. The summed E-state index contributed by atoms with van der Waals surface area (Å²) >= 11 is 6.36. The number of imidazole rings is 1. The summed E-state index contributed by atoms with van der Waals surface area (Å²) in [5.74, 6) is 0.256. The van der Waals surface area contributed by atoms with Crippen LogP contribution in [0.2, 0.25) is 5.02 Å². The van der Waals surface area contributed by atoms with Crippen LogP contribution >= 0.6 is 11.6 Å². The average Bonchev–Trinajstić information content (AvgIpc) is 3.14. The molecule has 0 amide bonds. The number of nitrogens with zero attached hydrogens (tertiary/aromatic N) is 5. The maximum absolute atomic E-state index is 14.0. The molecular formula is C22H22ClFN6O. The molecule has 1 aliphatic heterocycles. The fourth-order valence-electron chi connectivity index (χ4n) is 4.39. The molecule has 4 aromatic rings. The van der Waals surface area contributed by atoms with Gasteiger partial charge in [0.1, 0.15) is 16.9 Å². The van der Waals surface area contributed by atoms with E-state index in [1.807, 2.05) is 4.57 Å². The van der Waals surface area contributed by atoms with E-state index in [4.69, 9.17) is 22.3 Å². The van der Waals surface area contributed by atoms with Crippen LogP contribution in [0.1, 0.15) is 18.4 Å². The second-order valence-electron chi connectivity index (χ2n) is 8.04. The minimum Gasteiger partial charge on any atom is -0.341 e. The molecule has 1 fully saturated rings. The van der Waals surface area contributed by atoms with Crippen LogP contribution in [0.4, 0.5) is 10.3 Å². The number of hydrogen-bond donors (Lipinski definition) is 1. The lowest BCUT2D eigenvalue weighted by atomic mass is 10.1. The van der Waals surface area contributed by atoms with Crippen LogP contribution in [0.3, 0.4) is 0 Å². The molecule has 1 atom stereocenters. The Kier molecular flexibility index (Phi) is 4.91. The summed E-state index contributed by atoms with van der Waals surface area (Å²) in [5, 5.41) is 1.22. The van der Waals surface area contributed by atoms with Gasteiger partial charge in [-0.2, -0.15) is 0 Å². The Hall–Kier alpha value is -2.97. The molecule has 160 valence electrons. The summed E-state index contributed by atoms with van der Waals surface area (Å²) in [5.41, 5.74) is 8.40. The van der Waals surface area contributed by atoms with Crippen LogP contribution in [0.15, 0.2) is 41.5 Å². The van der Waals surface area contributed by atoms with Crippen LogP contribution in [-0.4, -0.2) is 38.2 Å². The molecule has 7 nitrogen and oxygen atoms in total. The topological polar surface area (TPSA) is 82.0 Å². The van der Waals surface area contributed by atoms with Gasteiger partial charge < -0.3 is 19.8 Å². The molecule has 1 saturated heterocycles. The Labute approximate surface area is 182 Å². The number of benzene rings is 1. The van der Waals surface area contributed by atoms with Crippen LogP contribution in [0.5, 0.6) is 0 Å². The summed E-state index contributed by atoms with van der Waals surface area (Å²) in [6.45, 7) is 1.64. The van der Waals surface area contributed by atoms with Gasteiger partial charge in [0.05, 0.1) is 12.1 Å². The largest absolute Gasteiger partial charge is 0.341 e. The van der Waals surface area contributed by atoms with Crippen molar-refractivity contribution in [1.82, 2.24) is 19.1 Å². The third-order valence-corrected chi connectivity index (χ3v) is 6.31. The average molecular weight is 441 g/mol. The number of rotatable bonds is 3. The van der Waals surface area contributed by atoms with E-state index in [0.717, 1.165) is 30.3 Å². The highest BCUT2D eigenvalue weighted by molar-refractivity contribution is 6.31. The van der Waals surface area contributed by atoms with Gasteiger partial charge in [0.25, 0.3) is 5.56 Å². The second kappa shape index (κ2) is 7.62. The highest BCUT2D eigenvalue weighted by Crippen LogP contribution is 2.30. The summed E-state index contributed by atoms with van der Waals surface area (Å²) in [7, 11) is 1.73. The van der Waals surface area contributed by atoms with E-state index in [0.29, 0.717) is 34.1 Å². The predicted molar refractivity (Wildman–Crippen MR) is 120 cm³/mol. The lowest BCUT2D eigenvalue weighted by Gasteiger charge is -2.32. The minimum absolute atomic E-state index is 0.0287. The molecule has 1 aliphatic rings. The van der Waals surface area contributed by atoms with Gasteiger partial charge in [0.2, 0.25) is 5.95 Å². The van der Waals surface area contributed by atoms with Gasteiger partial charge in [-0.05, 0) is 42.7 Å². The highest BCUT2D eigenvalue weighted by atomic mass is 35.5. The number of aromatic nitrogens is 4. The third kappa shape index (κ3) is 3.36. The maximum atomic E-state index is 14.0. The van der Waals surface area contributed by atoms with Gasteiger partial charge in [0.15, 0.2) is 0 Å². The normalized spacial score (nSPS) is 17.0. The number of anilines is 1. The molecule has 1 aromatic carbocycles. The van der Waals surface area contributed by atoms with Crippen LogP contribution in [-0.2, 0) is 13.6 Å². The Morgan fingerprint density at radius 2 is 2.16 bits per heavy atom. The zero-order valence-electron chi connectivity index (χ0n) is 17.1. The fourth-order valence-corrected chi connectivity index (χ4v) is 4.57. The van der Waals surface area contributed by atoms with Gasteiger partial charge in [-0.3, -0.25) is 9.78 Å². The van der Waals surface area contributed by atoms with E-state index in [1.165, 1.54) is 18.2 Å². The maximum Gasteiger partial charge on any atom is 0.277 e. The summed E-state index contributed by atoms with van der Waals surface area (Å²) in [6.07, 6.45) is 5.25. The Bertz CT molecular complexity index is 1360. The molecule has 0 radical (unpaired) electrons. The summed E-state index contributed by atoms with van der Waals surface area (Å²) < 4.78 is 17.4. The molecule has 31 heavy (non-hydrogen) atoms. The molecular weight excluding hydrogens is 419 g/mol. The van der Waals surface area contributed by atoms with E-state index < -0.39 is 0 Å². The zero-order valence-corrected chi connectivity index (χ0v) is 17.8. The third-order valence-electron chi connectivity index (χ3n) is 5.95. The van der Waals surface area contributed by atoms with Crippen molar-refractivity contribution in [3.8, 4) is 0 Å². The van der Waals surface area contributed by atoms with Crippen molar-refractivity contribution in [3.05, 3.63) is 63.4 Å². The molecule has 0 unspecified atom stereocenters. The molecule has 3 aromatic heterocycles. The molecule has 0 aliphatic carbocycles. The number of halogens is 2. The van der Waals surface area contributed by atoms with Crippen molar-refractivity contribution >= 4 is 39.5 Å². The van der Waals surface area contributed by atoms with Crippen molar-refractivity contribution in [2.24, 2.45) is 12.8 Å². The molecule has 0 spiro atoms. The number of hydrogen-bond acceptors (Lipinski definition) is 5. The zero-order chi connectivity index (χ0) is 21.7. The first kappa shape index (κ1) is 20.0. The van der Waals surface area contributed by atoms with Crippen LogP contribution in [0.25, 0.3) is 21.9 Å². The standard InChI is InChI=1S/C22H22ClFN6O/c1-28-18-6-7-26-10-16(18)19-20(21(28)31)30(11-13-9-14(24)4-5-17(13)23)22(27-19)29-8-2-3-15(25)12-29/h4-7,9-10,15H,2-3,8,11-12,25H2,1H3/t15-/m1/s1. The van der Waals surface area contributed by atoms with Crippen LogP contribution < -0.4 is 16.2 Å². The number of fused-ring (bicyclic) bond motifs is 3. The predicted octanol–water partition coefficient (Wildman–Crippen LogP) is 3.05. The summed E-state index contributed by atoms with van der Waals surface area (Å²) in [4.78, 5) is 24.6. The first-order chi connectivity index (χ1) is 14.9. The van der Waals surface area contributed by atoms with Gasteiger partial charge in [0, 0.05) is 49.0 Å². The fraction of sp³-hybridized carbons (Fsp3) is 0.318. The molecule has 5 rings (SSSR count). The van der Waals surface area contributed by atoms with Gasteiger partial charge >= 0.3 is 0 Å². The van der Waals surface area contributed by atoms with E-state index in [9.17, 15) is 9.18 Å². The number of pyridine rings is 2. The lowest BCUT2D eigenvalue weighted by Crippen LogP contribution is -2.44. The van der Waals surface area contributed by atoms with Crippen molar-refractivity contribution in [3.63, 3.8) is 0 Å². The number of nitrogens with two attached hydrogens (primary N) is 1. The van der Waals surface area contributed by atoms with Crippen molar-refractivity contribution in [2.75, 3.05) is 18.0 Å². The molecule has 4 heterocycles. The monoisotopic (exact) mass is 440 g/mol. The Balaban J connectivity index is 1.81. The Morgan fingerprint density at radius 1 is 1.32 bits per heavy atom. The quantitative estimate of drug-likeness (QED) is 0.529. The summed E-state index contributed by atoms with van der Waals surface area (Å²) in [6, 6.07) is 6.07.